The number of hydrogen-bond acceptors (Lipinski definition) is 4. The molecule has 268 valence electrons. The monoisotopic (exact) mass is 625 g/mol. The first-order valence-corrected chi connectivity index (χ1v) is 20.6. The quantitative estimate of drug-likeness (QED) is 0.0515. The van der Waals surface area contributed by atoms with E-state index in [0.717, 1.165) is 13.1 Å². The molecular weight excluding hydrogens is 536 g/mol. The minimum atomic E-state index is 0.694. The molecule has 4 nitrogen and oxygen atoms in total. The summed E-state index contributed by atoms with van der Waals surface area (Å²) in [5, 5.41) is 6.72. The van der Waals surface area contributed by atoms with E-state index in [-0.39, 0.29) is 0 Å². The molecule has 0 aliphatic heterocycles. The SMILES string of the molecule is CCCCCCCCCCCCCCCCCCNCCCCCCCCCCCCCCCCCC.NCCNCCN. The molecule has 0 aromatic rings. The van der Waals surface area contributed by atoms with Crippen molar-refractivity contribution in [1.82, 2.24) is 10.6 Å². The van der Waals surface area contributed by atoms with E-state index < -0.39 is 0 Å². The molecule has 0 radical (unpaired) electrons. The second-order valence-corrected chi connectivity index (χ2v) is 13.7. The Labute approximate surface area is 280 Å². The number of nitrogens with two attached hydrogens (primary N) is 2. The minimum Gasteiger partial charge on any atom is -0.329 e. The van der Waals surface area contributed by atoms with Crippen molar-refractivity contribution in [2.75, 3.05) is 39.3 Å². The Balaban J connectivity index is 0. The number of hydrogen-bond donors (Lipinski definition) is 4. The maximum Gasteiger partial charge on any atom is 0.00750 e. The average molecular weight is 625 g/mol. The zero-order valence-corrected chi connectivity index (χ0v) is 31.0. The molecule has 6 N–H and O–H groups in total. The van der Waals surface area contributed by atoms with Gasteiger partial charge in [0.25, 0.3) is 0 Å². The average Bonchev–Trinajstić information content (AvgIpc) is 3.04. The van der Waals surface area contributed by atoms with E-state index in [4.69, 9.17) is 11.5 Å². The first-order chi connectivity index (χ1) is 21.8. The summed E-state index contributed by atoms with van der Waals surface area (Å²) in [5.74, 6) is 0. The number of nitrogens with one attached hydrogen (secondary N) is 2. The van der Waals surface area contributed by atoms with Crippen LogP contribution in [0, 0.1) is 0 Å². The highest BCUT2D eigenvalue weighted by atomic mass is 14.9. The summed E-state index contributed by atoms with van der Waals surface area (Å²) in [4.78, 5) is 0. The van der Waals surface area contributed by atoms with Crippen LogP contribution in [0.15, 0.2) is 0 Å². The van der Waals surface area contributed by atoms with E-state index in [1.165, 1.54) is 219 Å². The molecule has 0 aromatic carbocycles. The lowest BCUT2D eigenvalue weighted by atomic mass is 10.0. The normalized spacial score (nSPS) is 11.2. The summed E-state index contributed by atoms with van der Waals surface area (Å²) >= 11 is 0. The predicted octanol–water partition coefficient (Wildman–Crippen LogP) is 11.6. The Morgan fingerprint density at radius 1 is 0.250 bits per heavy atom. The molecule has 0 rings (SSSR count). The van der Waals surface area contributed by atoms with E-state index in [0.29, 0.717) is 13.1 Å². The van der Waals surface area contributed by atoms with Gasteiger partial charge in [-0.1, -0.05) is 206 Å². The van der Waals surface area contributed by atoms with E-state index in [1.54, 1.807) is 0 Å². The molecule has 0 amide bonds. The number of rotatable bonds is 38. The van der Waals surface area contributed by atoms with Crippen LogP contribution in [0.25, 0.3) is 0 Å². The summed E-state index contributed by atoms with van der Waals surface area (Å²) in [5.41, 5.74) is 10.3. The lowest BCUT2D eigenvalue weighted by molar-refractivity contribution is 0.515. The molecule has 0 heterocycles. The van der Waals surface area contributed by atoms with Gasteiger partial charge in [0.1, 0.15) is 0 Å². The van der Waals surface area contributed by atoms with Crippen molar-refractivity contribution in [1.29, 1.82) is 0 Å². The van der Waals surface area contributed by atoms with Gasteiger partial charge in [-0.3, -0.25) is 0 Å². The minimum absolute atomic E-state index is 0.694. The smallest absolute Gasteiger partial charge is 0.00750 e. The molecule has 0 saturated heterocycles. The molecule has 0 aromatic heterocycles. The van der Waals surface area contributed by atoms with Crippen molar-refractivity contribution >= 4 is 0 Å². The third-order valence-corrected chi connectivity index (χ3v) is 9.06. The molecule has 0 unspecified atom stereocenters. The van der Waals surface area contributed by atoms with Crippen molar-refractivity contribution < 1.29 is 0 Å². The van der Waals surface area contributed by atoms with Crippen LogP contribution in [-0.2, 0) is 0 Å². The molecule has 0 bridgehead atoms. The standard InChI is InChI=1S/C36H75N.C4H13N3/c1-3-5-7-9-11-13-15-17-19-21-23-25-27-29-31-33-35-37-36-34-32-30-28-26-24-22-20-18-16-14-12-10-8-6-4-2;5-1-3-7-4-2-6/h37H,3-36H2,1-2H3;7H,1-6H2. The Morgan fingerprint density at radius 3 is 0.636 bits per heavy atom. The summed E-state index contributed by atoms with van der Waals surface area (Å²) in [6.45, 7) is 10.2. The molecule has 4 heteroatoms. The summed E-state index contributed by atoms with van der Waals surface area (Å²) in [6.07, 6.45) is 46.7. The van der Waals surface area contributed by atoms with E-state index in [2.05, 4.69) is 24.5 Å². The molecule has 0 aliphatic rings. The third-order valence-electron chi connectivity index (χ3n) is 9.06. The van der Waals surface area contributed by atoms with Crippen LogP contribution in [0.2, 0.25) is 0 Å². The van der Waals surface area contributed by atoms with Gasteiger partial charge >= 0.3 is 0 Å². The first kappa shape index (κ1) is 46.0. The van der Waals surface area contributed by atoms with Crippen LogP contribution in [0.4, 0.5) is 0 Å². The molecule has 0 spiro atoms. The molecule has 0 aliphatic carbocycles. The van der Waals surface area contributed by atoms with Gasteiger partial charge in [-0.05, 0) is 25.9 Å². The van der Waals surface area contributed by atoms with Gasteiger partial charge < -0.3 is 22.1 Å². The van der Waals surface area contributed by atoms with Crippen LogP contribution in [-0.4, -0.2) is 39.3 Å². The van der Waals surface area contributed by atoms with Gasteiger partial charge in [0.15, 0.2) is 0 Å². The fraction of sp³-hybridized carbons (Fsp3) is 1.00. The van der Waals surface area contributed by atoms with Gasteiger partial charge in [0.2, 0.25) is 0 Å². The number of unbranched alkanes of at least 4 members (excludes halogenated alkanes) is 30. The summed E-state index contributed by atoms with van der Waals surface area (Å²) in [7, 11) is 0. The van der Waals surface area contributed by atoms with Crippen LogP contribution in [0.3, 0.4) is 0 Å². The zero-order chi connectivity index (χ0) is 32.3. The highest BCUT2D eigenvalue weighted by Crippen LogP contribution is 2.15. The van der Waals surface area contributed by atoms with Gasteiger partial charge in [0.05, 0.1) is 0 Å². The van der Waals surface area contributed by atoms with Crippen LogP contribution < -0.4 is 22.1 Å². The van der Waals surface area contributed by atoms with Gasteiger partial charge in [-0.2, -0.15) is 0 Å². The van der Waals surface area contributed by atoms with E-state index >= 15 is 0 Å². The van der Waals surface area contributed by atoms with Gasteiger partial charge in [0, 0.05) is 26.2 Å². The second kappa shape index (κ2) is 47.2. The molecule has 0 saturated carbocycles. The predicted molar refractivity (Wildman–Crippen MR) is 203 cm³/mol. The molecule has 0 atom stereocenters. The van der Waals surface area contributed by atoms with E-state index in [1.807, 2.05) is 0 Å². The largest absolute Gasteiger partial charge is 0.329 e. The van der Waals surface area contributed by atoms with Crippen molar-refractivity contribution in [3.05, 3.63) is 0 Å². The summed E-state index contributed by atoms with van der Waals surface area (Å²) < 4.78 is 0. The van der Waals surface area contributed by atoms with E-state index in [9.17, 15) is 0 Å². The van der Waals surface area contributed by atoms with Gasteiger partial charge in [-0.25, -0.2) is 0 Å². The zero-order valence-electron chi connectivity index (χ0n) is 31.0. The molecule has 44 heavy (non-hydrogen) atoms. The first-order valence-electron chi connectivity index (χ1n) is 20.6. The maximum atomic E-state index is 5.17. The highest BCUT2D eigenvalue weighted by Gasteiger charge is 1.97. The molecular formula is C40H88N4. The third kappa shape index (κ3) is 48.7. The van der Waals surface area contributed by atoms with Crippen LogP contribution in [0.1, 0.15) is 219 Å². The van der Waals surface area contributed by atoms with Crippen molar-refractivity contribution in [2.24, 2.45) is 11.5 Å². The topological polar surface area (TPSA) is 76.1 Å². The lowest BCUT2D eigenvalue weighted by Crippen LogP contribution is -2.27. The second-order valence-electron chi connectivity index (χ2n) is 13.7. The highest BCUT2D eigenvalue weighted by molar-refractivity contribution is 4.54. The Kier molecular flexibility index (Phi) is 49.4. The Bertz CT molecular complexity index is 407. The van der Waals surface area contributed by atoms with Crippen LogP contribution in [0.5, 0.6) is 0 Å². The lowest BCUT2D eigenvalue weighted by Gasteiger charge is -2.06. The summed E-state index contributed by atoms with van der Waals surface area (Å²) in [6, 6.07) is 0. The fourth-order valence-corrected chi connectivity index (χ4v) is 6.05. The van der Waals surface area contributed by atoms with Crippen molar-refractivity contribution in [3.8, 4) is 0 Å². The van der Waals surface area contributed by atoms with Gasteiger partial charge in [-0.15, -0.1) is 0 Å². The van der Waals surface area contributed by atoms with Crippen LogP contribution >= 0.6 is 0 Å². The Morgan fingerprint density at radius 2 is 0.432 bits per heavy atom. The van der Waals surface area contributed by atoms with Crippen molar-refractivity contribution in [3.63, 3.8) is 0 Å². The fourth-order valence-electron chi connectivity index (χ4n) is 6.05. The molecule has 0 fully saturated rings. The maximum absolute atomic E-state index is 5.17. The van der Waals surface area contributed by atoms with Crippen molar-refractivity contribution in [2.45, 2.75) is 219 Å². The Hall–Kier alpha value is -0.160.